The molecule has 1 N–H and O–H groups in total. The number of hydrogen-bond donors (Lipinski definition) is 1. The van der Waals surface area contributed by atoms with Crippen LogP contribution in [0.4, 0.5) is 0 Å². The van der Waals surface area contributed by atoms with Crippen molar-refractivity contribution in [3.05, 3.63) is 58.2 Å². The van der Waals surface area contributed by atoms with Crippen molar-refractivity contribution in [3.63, 3.8) is 0 Å². The molecule has 20 heavy (non-hydrogen) atoms. The van der Waals surface area contributed by atoms with E-state index in [2.05, 4.69) is 20.9 Å². The van der Waals surface area contributed by atoms with Gasteiger partial charge in [0, 0.05) is 16.2 Å². The lowest BCUT2D eigenvalue weighted by Crippen LogP contribution is -2.15. The van der Waals surface area contributed by atoms with E-state index in [1.54, 1.807) is 12.3 Å². The van der Waals surface area contributed by atoms with Crippen LogP contribution in [0.5, 0.6) is 5.88 Å². The molecule has 0 radical (unpaired) electrons. The standard InChI is InChI=1S/C15H14BrNO3/c1-20-14-11(5-3-7-17-14)9-13(15(18)19)10-4-2-6-12(16)8-10/h2-8,13H,9H2,1H3,(H,18,19). The Labute approximate surface area is 125 Å². The molecule has 2 aromatic rings. The van der Waals surface area contributed by atoms with Crippen molar-refractivity contribution >= 4 is 21.9 Å². The van der Waals surface area contributed by atoms with Crippen LogP contribution in [-0.4, -0.2) is 23.2 Å². The number of nitrogens with zero attached hydrogens (tertiary/aromatic N) is 1. The van der Waals surface area contributed by atoms with Gasteiger partial charge in [0.1, 0.15) is 0 Å². The number of aliphatic carboxylic acids is 1. The van der Waals surface area contributed by atoms with Crippen LogP contribution < -0.4 is 4.74 Å². The van der Waals surface area contributed by atoms with Crippen LogP contribution in [0.15, 0.2) is 47.1 Å². The highest BCUT2D eigenvalue weighted by Crippen LogP contribution is 2.27. The molecule has 104 valence electrons. The monoisotopic (exact) mass is 335 g/mol. The number of carboxylic acids is 1. The van der Waals surface area contributed by atoms with Crippen LogP contribution in [0.25, 0.3) is 0 Å². The minimum atomic E-state index is -0.867. The maximum atomic E-state index is 11.5. The zero-order valence-electron chi connectivity index (χ0n) is 10.9. The number of carboxylic acid groups (broad SMARTS) is 1. The number of aromatic nitrogens is 1. The quantitative estimate of drug-likeness (QED) is 0.910. The molecule has 5 heteroatoms. The van der Waals surface area contributed by atoms with E-state index in [4.69, 9.17) is 4.74 Å². The first-order valence-corrected chi connectivity index (χ1v) is 6.87. The Balaban J connectivity index is 2.33. The van der Waals surface area contributed by atoms with E-state index in [-0.39, 0.29) is 0 Å². The average Bonchev–Trinajstić information content (AvgIpc) is 2.44. The van der Waals surface area contributed by atoms with Gasteiger partial charge in [-0.25, -0.2) is 4.98 Å². The van der Waals surface area contributed by atoms with Gasteiger partial charge in [0.05, 0.1) is 13.0 Å². The van der Waals surface area contributed by atoms with Crippen molar-refractivity contribution in [2.75, 3.05) is 7.11 Å². The third-order valence-corrected chi connectivity index (χ3v) is 3.51. The zero-order valence-corrected chi connectivity index (χ0v) is 12.5. The first kappa shape index (κ1) is 14.5. The topological polar surface area (TPSA) is 59.4 Å². The maximum absolute atomic E-state index is 11.5. The zero-order chi connectivity index (χ0) is 14.5. The summed E-state index contributed by atoms with van der Waals surface area (Å²) in [5.41, 5.74) is 1.53. The Kier molecular flexibility index (Phi) is 4.74. The second-order valence-electron chi connectivity index (χ2n) is 4.32. The third kappa shape index (κ3) is 3.36. The average molecular weight is 336 g/mol. The van der Waals surface area contributed by atoms with Gasteiger partial charge < -0.3 is 9.84 Å². The van der Waals surface area contributed by atoms with Crippen molar-refractivity contribution in [2.24, 2.45) is 0 Å². The van der Waals surface area contributed by atoms with Gasteiger partial charge in [0.15, 0.2) is 0 Å². The number of hydrogen-bond acceptors (Lipinski definition) is 3. The van der Waals surface area contributed by atoms with Gasteiger partial charge in [-0.2, -0.15) is 0 Å². The largest absolute Gasteiger partial charge is 0.481 e. The van der Waals surface area contributed by atoms with E-state index in [1.807, 2.05) is 30.3 Å². The molecule has 1 unspecified atom stereocenters. The lowest BCUT2D eigenvalue weighted by molar-refractivity contribution is -0.138. The lowest BCUT2D eigenvalue weighted by atomic mass is 9.92. The maximum Gasteiger partial charge on any atom is 0.311 e. The number of halogens is 1. The molecule has 0 aliphatic heterocycles. The second kappa shape index (κ2) is 6.52. The van der Waals surface area contributed by atoms with Crippen molar-refractivity contribution in [2.45, 2.75) is 12.3 Å². The van der Waals surface area contributed by atoms with Gasteiger partial charge in [0.2, 0.25) is 5.88 Å². The van der Waals surface area contributed by atoms with Crippen molar-refractivity contribution in [1.82, 2.24) is 4.98 Å². The molecule has 0 fully saturated rings. The summed E-state index contributed by atoms with van der Waals surface area (Å²) in [5.74, 6) is -1.03. The lowest BCUT2D eigenvalue weighted by Gasteiger charge is -2.14. The minimum Gasteiger partial charge on any atom is -0.481 e. The minimum absolute atomic E-state index is 0.336. The van der Waals surface area contributed by atoms with E-state index in [0.717, 1.165) is 15.6 Å². The van der Waals surface area contributed by atoms with Gasteiger partial charge in [-0.05, 0) is 30.2 Å². The highest BCUT2D eigenvalue weighted by Gasteiger charge is 2.22. The van der Waals surface area contributed by atoms with Crippen LogP contribution in [0, 0.1) is 0 Å². The molecule has 1 aromatic heterocycles. The first-order chi connectivity index (χ1) is 9.61. The SMILES string of the molecule is COc1ncccc1CC(C(=O)O)c1cccc(Br)c1. The molecule has 0 saturated carbocycles. The molecule has 0 saturated heterocycles. The van der Waals surface area contributed by atoms with E-state index in [1.165, 1.54) is 7.11 Å². The Hall–Kier alpha value is -1.88. The van der Waals surface area contributed by atoms with E-state index in [9.17, 15) is 9.90 Å². The number of methoxy groups -OCH3 is 1. The van der Waals surface area contributed by atoms with Gasteiger partial charge in [0.25, 0.3) is 0 Å². The van der Waals surface area contributed by atoms with E-state index < -0.39 is 11.9 Å². The van der Waals surface area contributed by atoms with Gasteiger partial charge in [-0.1, -0.05) is 34.1 Å². The van der Waals surface area contributed by atoms with Crippen molar-refractivity contribution in [3.8, 4) is 5.88 Å². The molecule has 0 aliphatic carbocycles. The third-order valence-electron chi connectivity index (χ3n) is 3.02. The van der Waals surface area contributed by atoms with Crippen molar-refractivity contribution < 1.29 is 14.6 Å². The molecular formula is C15H14BrNO3. The number of carbonyl (C=O) groups is 1. The molecule has 1 atom stereocenters. The Morgan fingerprint density at radius 1 is 1.40 bits per heavy atom. The molecule has 0 amide bonds. The van der Waals surface area contributed by atoms with Crippen LogP contribution in [0.1, 0.15) is 17.0 Å². The summed E-state index contributed by atoms with van der Waals surface area (Å²) in [4.78, 5) is 15.6. The van der Waals surface area contributed by atoms with Gasteiger partial charge in [-0.15, -0.1) is 0 Å². The molecule has 0 bridgehead atoms. The smallest absolute Gasteiger partial charge is 0.311 e. The Bertz CT molecular complexity index is 616. The first-order valence-electron chi connectivity index (χ1n) is 6.08. The predicted molar refractivity (Wildman–Crippen MR) is 79.0 cm³/mol. The molecule has 1 heterocycles. The normalized spacial score (nSPS) is 11.9. The summed E-state index contributed by atoms with van der Waals surface area (Å²) in [7, 11) is 1.53. The summed E-state index contributed by atoms with van der Waals surface area (Å²) >= 11 is 3.36. The summed E-state index contributed by atoms with van der Waals surface area (Å²) in [6.07, 6.45) is 1.96. The molecule has 0 aliphatic rings. The highest BCUT2D eigenvalue weighted by atomic mass is 79.9. The number of pyridine rings is 1. The van der Waals surface area contributed by atoms with E-state index >= 15 is 0 Å². The fourth-order valence-electron chi connectivity index (χ4n) is 2.05. The molecule has 2 rings (SSSR count). The predicted octanol–water partition coefficient (Wildman–Crippen LogP) is 3.26. The summed E-state index contributed by atoms with van der Waals surface area (Å²) in [6, 6.07) is 10.9. The Morgan fingerprint density at radius 2 is 2.20 bits per heavy atom. The van der Waals surface area contributed by atoms with Crippen LogP contribution in [0.3, 0.4) is 0 Å². The second-order valence-corrected chi connectivity index (χ2v) is 5.24. The van der Waals surface area contributed by atoms with Crippen LogP contribution in [-0.2, 0) is 11.2 Å². The number of rotatable bonds is 5. The van der Waals surface area contributed by atoms with E-state index in [0.29, 0.717) is 12.3 Å². The number of benzene rings is 1. The number of ether oxygens (including phenoxy) is 1. The highest BCUT2D eigenvalue weighted by molar-refractivity contribution is 9.10. The molecule has 0 spiro atoms. The van der Waals surface area contributed by atoms with Crippen LogP contribution in [0.2, 0.25) is 0 Å². The fraction of sp³-hybridized carbons (Fsp3) is 0.200. The Morgan fingerprint density at radius 3 is 2.85 bits per heavy atom. The van der Waals surface area contributed by atoms with Gasteiger partial charge >= 0.3 is 5.97 Å². The molecular weight excluding hydrogens is 322 g/mol. The summed E-state index contributed by atoms with van der Waals surface area (Å²) in [6.45, 7) is 0. The van der Waals surface area contributed by atoms with Crippen molar-refractivity contribution in [1.29, 1.82) is 0 Å². The molecule has 4 nitrogen and oxygen atoms in total. The summed E-state index contributed by atoms with van der Waals surface area (Å²) in [5, 5.41) is 9.47. The van der Waals surface area contributed by atoms with Gasteiger partial charge in [-0.3, -0.25) is 4.79 Å². The van der Waals surface area contributed by atoms with Crippen LogP contribution >= 0.6 is 15.9 Å². The summed E-state index contributed by atoms with van der Waals surface area (Å²) < 4.78 is 6.03. The molecule has 1 aromatic carbocycles. The fourth-order valence-corrected chi connectivity index (χ4v) is 2.47.